The SMILES string of the molecule is Cc1cc2ncn(CC(=O)Nc3ccc(N(C)C)cc3)c2cc1C. The van der Waals surface area contributed by atoms with E-state index in [-0.39, 0.29) is 12.5 Å². The highest BCUT2D eigenvalue weighted by Gasteiger charge is 2.09. The smallest absolute Gasteiger partial charge is 0.244 e. The molecule has 1 amide bonds. The molecule has 0 saturated carbocycles. The van der Waals surface area contributed by atoms with E-state index in [0.717, 1.165) is 22.4 Å². The van der Waals surface area contributed by atoms with Crippen molar-refractivity contribution in [3.8, 4) is 0 Å². The van der Waals surface area contributed by atoms with Gasteiger partial charge in [0.25, 0.3) is 0 Å². The number of hydrogen-bond donors (Lipinski definition) is 1. The molecule has 0 aliphatic carbocycles. The topological polar surface area (TPSA) is 50.2 Å². The molecular weight excluding hydrogens is 300 g/mol. The lowest BCUT2D eigenvalue weighted by atomic mass is 10.1. The molecule has 124 valence electrons. The molecule has 0 unspecified atom stereocenters. The Kier molecular flexibility index (Phi) is 4.25. The molecule has 0 atom stereocenters. The van der Waals surface area contributed by atoms with E-state index in [0.29, 0.717) is 0 Å². The van der Waals surface area contributed by atoms with Crippen molar-refractivity contribution in [3.05, 3.63) is 53.9 Å². The zero-order valence-electron chi connectivity index (χ0n) is 14.5. The third-order valence-corrected chi connectivity index (χ3v) is 4.22. The van der Waals surface area contributed by atoms with E-state index < -0.39 is 0 Å². The molecule has 0 radical (unpaired) electrons. The van der Waals surface area contributed by atoms with Crippen molar-refractivity contribution >= 4 is 28.3 Å². The van der Waals surface area contributed by atoms with Crippen LogP contribution in [0.25, 0.3) is 11.0 Å². The van der Waals surface area contributed by atoms with Gasteiger partial charge in [-0.1, -0.05) is 0 Å². The third-order valence-electron chi connectivity index (χ3n) is 4.22. The number of nitrogens with zero attached hydrogens (tertiary/aromatic N) is 3. The summed E-state index contributed by atoms with van der Waals surface area (Å²) in [7, 11) is 3.98. The highest BCUT2D eigenvalue weighted by molar-refractivity contribution is 5.91. The van der Waals surface area contributed by atoms with Crippen LogP contribution in [-0.4, -0.2) is 29.6 Å². The van der Waals surface area contributed by atoms with Crippen molar-refractivity contribution < 1.29 is 4.79 Å². The number of carbonyl (C=O) groups excluding carboxylic acids is 1. The molecule has 1 aromatic heterocycles. The fourth-order valence-corrected chi connectivity index (χ4v) is 2.64. The van der Waals surface area contributed by atoms with Gasteiger partial charge in [-0.05, 0) is 61.4 Å². The Bertz CT molecular complexity index is 878. The van der Waals surface area contributed by atoms with Crippen LogP contribution in [0.4, 0.5) is 11.4 Å². The van der Waals surface area contributed by atoms with Crippen LogP contribution >= 0.6 is 0 Å². The number of aromatic nitrogens is 2. The van der Waals surface area contributed by atoms with Crippen molar-refractivity contribution in [2.24, 2.45) is 0 Å². The largest absolute Gasteiger partial charge is 0.378 e. The number of aryl methyl sites for hydroxylation is 2. The number of anilines is 2. The number of amides is 1. The molecule has 3 rings (SSSR count). The molecule has 0 fully saturated rings. The van der Waals surface area contributed by atoms with E-state index in [4.69, 9.17) is 0 Å². The molecule has 2 aromatic carbocycles. The van der Waals surface area contributed by atoms with Crippen LogP contribution in [0.15, 0.2) is 42.7 Å². The number of benzene rings is 2. The molecule has 0 aliphatic heterocycles. The van der Waals surface area contributed by atoms with Gasteiger partial charge in [0, 0.05) is 25.5 Å². The van der Waals surface area contributed by atoms with E-state index in [1.165, 1.54) is 11.1 Å². The van der Waals surface area contributed by atoms with Gasteiger partial charge >= 0.3 is 0 Å². The van der Waals surface area contributed by atoms with Crippen molar-refractivity contribution in [2.75, 3.05) is 24.3 Å². The van der Waals surface area contributed by atoms with Gasteiger partial charge in [0.15, 0.2) is 0 Å². The van der Waals surface area contributed by atoms with Crippen LogP contribution in [-0.2, 0) is 11.3 Å². The Morgan fingerprint density at radius 1 is 1.12 bits per heavy atom. The van der Waals surface area contributed by atoms with E-state index in [1.54, 1.807) is 6.33 Å². The van der Waals surface area contributed by atoms with Crippen LogP contribution in [0.3, 0.4) is 0 Å². The van der Waals surface area contributed by atoms with Gasteiger partial charge in [-0.2, -0.15) is 0 Å². The van der Waals surface area contributed by atoms with Crippen molar-refractivity contribution in [1.82, 2.24) is 9.55 Å². The minimum atomic E-state index is -0.0647. The minimum Gasteiger partial charge on any atom is -0.378 e. The maximum atomic E-state index is 12.3. The highest BCUT2D eigenvalue weighted by atomic mass is 16.1. The minimum absolute atomic E-state index is 0.0647. The summed E-state index contributed by atoms with van der Waals surface area (Å²) >= 11 is 0. The molecular formula is C19H22N4O. The normalized spacial score (nSPS) is 10.8. The van der Waals surface area contributed by atoms with Crippen LogP contribution in [0.2, 0.25) is 0 Å². The maximum Gasteiger partial charge on any atom is 0.244 e. The van der Waals surface area contributed by atoms with Crippen LogP contribution in [0.5, 0.6) is 0 Å². The summed E-state index contributed by atoms with van der Waals surface area (Å²) in [4.78, 5) is 18.7. The summed E-state index contributed by atoms with van der Waals surface area (Å²) in [5, 5.41) is 2.93. The van der Waals surface area contributed by atoms with Gasteiger partial charge in [0.05, 0.1) is 17.4 Å². The van der Waals surface area contributed by atoms with E-state index in [1.807, 2.05) is 47.8 Å². The first kappa shape index (κ1) is 16.1. The van der Waals surface area contributed by atoms with Gasteiger partial charge in [0.2, 0.25) is 5.91 Å². The monoisotopic (exact) mass is 322 g/mol. The fraction of sp³-hybridized carbons (Fsp3) is 0.263. The first-order chi connectivity index (χ1) is 11.4. The summed E-state index contributed by atoms with van der Waals surface area (Å²) in [6.45, 7) is 4.38. The van der Waals surface area contributed by atoms with Gasteiger partial charge in [-0.15, -0.1) is 0 Å². The Morgan fingerprint density at radius 3 is 2.46 bits per heavy atom. The van der Waals surface area contributed by atoms with E-state index in [2.05, 4.69) is 36.3 Å². The van der Waals surface area contributed by atoms with Gasteiger partial charge in [-0.3, -0.25) is 4.79 Å². The van der Waals surface area contributed by atoms with Crippen molar-refractivity contribution in [3.63, 3.8) is 0 Å². The Labute approximate surface area is 141 Å². The molecule has 24 heavy (non-hydrogen) atoms. The second-order valence-electron chi connectivity index (χ2n) is 6.29. The number of rotatable bonds is 4. The molecule has 1 N–H and O–H groups in total. The fourth-order valence-electron chi connectivity index (χ4n) is 2.64. The predicted molar refractivity (Wildman–Crippen MR) is 98.6 cm³/mol. The third kappa shape index (κ3) is 3.25. The first-order valence-corrected chi connectivity index (χ1v) is 7.93. The summed E-state index contributed by atoms with van der Waals surface area (Å²) in [5.74, 6) is -0.0647. The Balaban J connectivity index is 1.74. The Morgan fingerprint density at radius 2 is 1.79 bits per heavy atom. The van der Waals surface area contributed by atoms with Crippen LogP contribution < -0.4 is 10.2 Å². The van der Waals surface area contributed by atoms with E-state index in [9.17, 15) is 4.79 Å². The van der Waals surface area contributed by atoms with Crippen molar-refractivity contribution in [1.29, 1.82) is 0 Å². The number of carbonyl (C=O) groups is 1. The zero-order chi connectivity index (χ0) is 17.3. The lowest BCUT2D eigenvalue weighted by Crippen LogP contribution is -2.18. The second-order valence-corrected chi connectivity index (χ2v) is 6.29. The second kappa shape index (κ2) is 6.35. The molecule has 5 nitrogen and oxygen atoms in total. The van der Waals surface area contributed by atoms with Crippen LogP contribution in [0, 0.1) is 13.8 Å². The number of imidazole rings is 1. The van der Waals surface area contributed by atoms with Crippen LogP contribution in [0.1, 0.15) is 11.1 Å². The highest BCUT2D eigenvalue weighted by Crippen LogP contribution is 2.19. The average Bonchev–Trinajstić information content (AvgIpc) is 2.90. The first-order valence-electron chi connectivity index (χ1n) is 7.93. The molecule has 0 saturated heterocycles. The predicted octanol–water partition coefficient (Wildman–Crippen LogP) is 3.36. The standard InChI is InChI=1S/C19H22N4O/c1-13-9-17-18(10-14(13)2)23(12-20-17)11-19(24)21-15-5-7-16(8-6-15)22(3)4/h5-10,12H,11H2,1-4H3,(H,21,24). The molecule has 1 heterocycles. The van der Waals surface area contributed by atoms with Gasteiger partial charge in [0.1, 0.15) is 6.54 Å². The maximum absolute atomic E-state index is 12.3. The van der Waals surface area contributed by atoms with E-state index >= 15 is 0 Å². The summed E-state index contributed by atoms with van der Waals surface area (Å²) in [5.41, 5.74) is 6.20. The quantitative estimate of drug-likeness (QED) is 0.801. The van der Waals surface area contributed by atoms with Crippen molar-refractivity contribution in [2.45, 2.75) is 20.4 Å². The molecule has 5 heteroatoms. The lowest BCUT2D eigenvalue weighted by Gasteiger charge is -2.13. The number of fused-ring (bicyclic) bond motifs is 1. The lowest BCUT2D eigenvalue weighted by molar-refractivity contribution is -0.116. The number of nitrogens with one attached hydrogen (secondary N) is 1. The van der Waals surface area contributed by atoms with Gasteiger partial charge < -0.3 is 14.8 Å². The summed E-state index contributed by atoms with van der Waals surface area (Å²) < 4.78 is 1.88. The Hall–Kier alpha value is -2.82. The summed E-state index contributed by atoms with van der Waals surface area (Å²) in [6.07, 6.45) is 1.72. The number of hydrogen-bond acceptors (Lipinski definition) is 3. The average molecular weight is 322 g/mol. The molecule has 0 bridgehead atoms. The molecule has 3 aromatic rings. The molecule has 0 aliphatic rings. The van der Waals surface area contributed by atoms with Gasteiger partial charge in [-0.25, -0.2) is 4.98 Å². The zero-order valence-corrected chi connectivity index (χ0v) is 14.5. The molecule has 0 spiro atoms. The summed E-state index contributed by atoms with van der Waals surface area (Å²) in [6, 6.07) is 11.9.